The van der Waals surface area contributed by atoms with Crippen molar-refractivity contribution in [2.45, 2.75) is 32.2 Å². The zero-order chi connectivity index (χ0) is 14.4. The van der Waals surface area contributed by atoms with E-state index in [1.54, 1.807) is 23.4 Å². The maximum atomic E-state index is 12.6. The first kappa shape index (κ1) is 14.7. The van der Waals surface area contributed by atoms with Crippen molar-refractivity contribution in [3.05, 3.63) is 18.5 Å². The Bertz CT molecular complexity index is 420. The molecule has 20 heavy (non-hydrogen) atoms. The summed E-state index contributed by atoms with van der Waals surface area (Å²) in [6.07, 6.45) is 6.07. The summed E-state index contributed by atoms with van der Waals surface area (Å²) in [5.41, 5.74) is 0. The van der Waals surface area contributed by atoms with Crippen LogP contribution in [0, 0.1) is 0 Å². The monoisotopic (exact) mass is 278 g/mol. The van der Waals surface area contributed by atoms with Crippen LogP contribution in [0.4, 0.5) is 5.95 Å². The van der Waals surface area contributed by atoms with Gasteiger partial charge in [0.15, 0.2) is 0 Å². The van der Waals surface area contributed by atoms with E-state index in [1.165, 1.54) is 0 Å². The second-order valence-corrected chi connectivity index (χ2v) is 4.95. The van der Waals surface area contributed by atoms with E-state index >= 15 is 0 Å². The van der Waals surface area contributed by atoms with Gasteiger partial charge < -0.3 is 14.9 Å². The van der Waals surface area contributed by atoms with Crippen LogP contribution in [0.25, 0.3) is 0 Å². The summed E-state index contributed by atoms with van der Waals surface area (Å²) in [7, 11) is 0. The van der Waals surface area contributed by atoms with Crippen LogP contribution in [0.5, 0.6) is 0 Å². The largest absolute Gasteiger partial charge is 0.395 e. The second-order valence-electron chi connectivity index (χ2n) is 4.95. The third kappa shape index (κ3) is 3.25. The van der Waals surface area contributed by atoms with Gasteiger partial charge in [-0.1, -0.05) is 6.92 Å². The highest BCUT2D eigenvalue weighted by Crippen LogP contribution is 2.23. The predicted octanol–water partition coefficient (Wildman–Crippen LogP) is 0.676. The minimum atomic E-state index is -0.199. The summed E-state index contributed by atoms with van der Waals surface area (Å²) in [6.45, 7) is 3.91. The molecule has 0 bridgehead atoms. The molecule has 1 atom stereocenters. The number of aliphatic hydroxyl groups is 1. The zero-order valence-corrected chi connectivity index (χ0v) is 11.9. The van der Waals surface area contributed by atoms with Gasteiger partial charge in [0.25, 0.3) is 0 Å². The molecule has 0 aliphatic carbocycles. The lowest BCUT2D eigenvalue weighted by Crippen LogP contribution is -2.47. The fourth-order valence-electron chi connectivity index (χ4n) is 2.64. The normalized spacial score (nSPS) is 18.3. The summed E-state index contributed by atoms with van der Waals surface area (Å²) in [5.74, 6) is 0.689. The number of amides is 1. The van der Waals surface area contributed by atoms with E-state index < -0.39 is 0 Å². The molecule has 1 amide bonds. The Kier molecular flexibility index (Phi) is 5.29. The third-order valence-electron chi connectivity index (χ3n) is 3.52. The van der Waals surface area contributed by atoms with Gasteiger partial charge in [0, 0.05) is 32.0 Å². The molecule has 2 rings (SSSR count). The molecule has 1 aliphatic heterocycles. The average Bonchev–Trinajstić information content (AvgIpc) is 2.96. The number of nitrogens with zero attached hydrogens (tertiary/aromatic N) is 4. The maximum absolute atomic E-state index is 12.6. The first-order valence-electron chi connectivity index (χ1n) is 7.21. The summed E-state index contributed by atoms with van der Waals surface area (Å²) < 4.78 is 0. The van der Waals surface area contributed by atoms with E-state index in [2.05, 4.69) is 9.97 Å². The van der Waals surface area contributed by atoms with E-state index in [4.69, 9.17) is 5.11 Å². The predicted molar refractivity (Wildman–Crippen MR) is 76.4 cm³/mol. The van der Waals surface area contributed by atoms with Gasteiger partial charge in [-0.15, -0.1) is 0 Å². The second kappa shape index (κ2) is 7.19. The number of carbonyl (C=O) groups is 1. The van der Waals surface area contributed by atoms with Crippen molar-refractivity contribution in [1.82, 2.24) is 14.9 Å². The Labute approximate surface area is 119 Å². The number of rotatable bonds is 6. The van der Waals surface area contributed by atoms with Crippen molar-refractivity contribution in [3.63, 3.8) is 0 Å². The number of aromatic nitrogens is 2. The minimum Gasteiger partial charge on any atom is -0.395 e. The molecular weight excluding hydrogens is 256 g/mol. The summed E-state index contributed by atoms with van der Waals surface area (Å²) in [6, 6.07) is 1.57. The lowest BCUT2D eigenvalue weighted by Gasteiger charge is -2.29. The fraction of sp³-hybridized carbons (Fsp3) is 0.643. The molecule has 1 fully saturated rings. The number of carbonyl (C=O) groups excluding carboxylic acids is 1. The highest BCUT2D eigenvalue weighted by molar-refractivity contribution is 5.85. The Balaban J connectivity index is 2.11. The van der Waals surface area contributed by atoms with Gasteiger partial charge >= 0.3 is 0 Å². The van der Waals surface area contributed by atoms with Crippen molar-refractivity contribution in [1.29, 1.82) is 0 Å². The summed E-state index contributed by atoms with van der Waals surface area (Å²) in [5, 5.41) is 9.11. The Morgan fingerprint density at radius 3 is 2.85 bits per heavy atom. The molecule has 6 nitrogen and oxygen atoms in total. The Morgan fingerprint density at radius 2 is 2.20 bits per heavy atom. The molecule has 1 aliphatic rings. The summed E-state index contributed by atoms with van der Waals surface area (Å²) >= 11 is 0. The van der Waals surface area contributed by atoms with Crippen LogP contribution >= 0.6 is 0 Å². The molecular formula is C14H22N4O2. The van der Waals surface area contributed by atoms with Crippen LogP contribution in [0.15, 0.2) is 18.5 Å². The molecule has 110 valence electrons. The van der Waals surface area contributed by atoms with E-state index in [0.29, 0.717) is 19.0 Å². The third-order valence-corrected chi connectivity index (χ3v) is 3.52. The minimum absolute atomic E-state index is 0.000295. The quantitative estimate of drug-likeness (QED) is 0.828. The lowest BCUT2D eigenvalue weighted by molar-refractivity contribution is -0.133. The van der Waals surface area contributed by atoms with Crippen LogP contribution in [-0.4, -0.2) is 58.2 Å². The van der Waals surface area contributed by atoms with E-state index in [1.807, 2.05) is 11.8 Å². The van der Waals surface area contributed by atoms with Crippen LogP contribution < -0.4 is 4.90 Å². The standard InChI is InChI=1S/C14H22N4O2/c1-2-8-17(10-11-19)13(20)12-5-3-9-18(12)14-15-6-4-7-16-14/h4,6-7,12,19H,2-3,5,8-11H2,1H3. The fourth-order valence-corrected chi connectivity index (χ4v) is 2.64. The smallest absolute Gasteiger partial charge is 0.245 e. The van der Waals surface area contributed by atoms with Gasteiger partial charge in [0.2, 0.25) is 11.9 Å². The van der Waals surface area contributed by atoms with Gasteiger partial charge in [-0.3, -0.25) is 4.79 Å². The summed E-state index contributed by atoms with van der Waals surface area (Å²) in [4.78, 5) is 24.8. The number of hydrogen-bond donors (Lipinski definition) is 1. The molecule has 1 aromatic heterocycles. The topological polar surface area (TPSA) is 69.6 Å². The van der Waals surface area contributed by atoms with Gasteiger partial charge in [-0.25, -0.2) is 9.97 Å². The van der Waals surface area contributed by atoms with E-state index in [0.717, 1.165) is 25.8 Å². The molecule has 0 spiro atoms. The van der Waals surface area contributed by atoms with Gasteiger partial charge in [0.1, 0.15) is 6.04 Å². The van der Waals surface area contributed by atoms with Crippen LogP contribution in [0.2, 0.25) is 0 Å². The highest BCUT2D eigenvalue weighted by atomic mass is 16.3. The number of hydrogen-bond acceptors (Lipinski definition) is 5. The average molecular weight is 278 g/mol. The molecule has 2 heterocycles. The number of anilines is 1. The SMILES string of the molecule is CCCN(CCO)C(=O)C1CCCN1c1ncccn1. The Morgan fingerprint density at radius 1 is 1.45 bits per heavy atom. The molecule has 6 heteroatoms. The van der Waals surface area contributed by atoms with Crippen molar-refractivity contribution < 1.29 is 9.90 Å². The van der Waals surface area contributed by atoms with E-state index in [9.17, 15) is 4.79 Å². The van der Waals surface area contributed by atoms with Crippen molar-refractivity contribution in [2.75, 3.05) is 31.1 Å². The van der Waals surface area contributed by atoms with E-state index in [-0.39, 0.29) is 18.6 Å². The molecule has 1 N–H and O–H groups in total. The molecule has 1 saturated heterocycles. The van der Waals surface area contributed by atoms with Crippen molar-refractivity contribution >= 4 is 11.9 Å². The van der Waals surface area contributed by atoms with Gasteiger partial charge in [-0.2, -0.15) is 0 Å². The zero-order valence-electron chi connectivity index (χ0n) is 11.9. The molecule has 0 radical (unpaired) electrons. The van der Waals surface area contributed by atoms with Gasteiger partial charge in [-0.05, 0) is 25.3 Å². The molecule has 1 aromatic rings. The van der Waals surface area contributed by atoms with Crippen LogP contribution in [0.3, 0.4) is 0 Å². The first-order valence-corrected chi connectivity index (χ1v) is 7.21. The number of aliphatic hydroxyl groups excluding tert-OH is 1. The molecule has 1 unspecified atom stereocenters. The van der Waals surface area contributed by atoms with Crippen molar-refractivity contribution in [3.8, 4) is 0 Å². The van der Waals surface area contributed by atoms with Gasteiger partial charge in [0.05, 0.1) is 6.61 Å². The lowest BCUT2D eigenvalue weighted by atomic mass is 10.2. The first-order chi connectivity index (χ1) is 9.77. The van der Waals surface area contributed by atoms with Crippen LogP contribution in [-0.2, 0) is 4.79 Å². The maximum Gasteiger partial charge on any atom is 0.245 e. The Hall–Kier alpha value is -1.69. The van der Waals surface area contributed by atoms with Crippen LogP contribution in [0.1, 0.15) is 26.2 Å². The van der Waals surface area contributed by atoms with Crippen molar-refractivity contribution in [2.24, 2.45) is 0 Å². The molecule has 0 saturated carbocycles. The highest BCUT2D eigenvalue weighted by Gasteiger charge is 2.34. The molecule has 0 aromatic carbocycles.